The third kappa shape index (κ3) is 8.35. The highest BCUT2D eigenvalue weighted by Gasteiger charge is 2.22. The predicted molar refractivity (Wildman–Crippen MR) is 209 cm³/mol. The zero-order chi connectivity index (χ0) is 35.5. The number of para-hydroxylation sites is 3. The Labute approximate surface area is 309 Å². The van der Waals surface area contributed by atoms with E-state index >= 15 is 0 Å². The topological polar surface area (TPSA) is 36.9 Å². The summed E-state index contributed by atoms with van der Waals surface area (Å²) in [6.45, 7) is 6.54. The van der Waals surface area contributed by atoms with Crippen molar-refractivity contribution in [3.05, 3.63) is 189 Å². The molecule has 1 radical (unpaired) electrons. The van der Waals surface area contributed by atoms with E-state index in [1.165, 1.54) is 0 Å². The van der Waals surface area contributed by atoms with Crippen molar-refractivity contribution in [3.63, 3.8) is 0 Å². The van der Waals surface area contributed by atoms with Crippen LogP contribution in [0.15, 0.2) is 127 Å². The quantitative estimate of drug-likeness (QED) is 0.128. The monoisotopic (exact) mass is 687 g/mol. The SMILES string of the molecule is CCCOc1c2[c]ccc1Cc1cccc(c1OCc1ccccc1)Cc1cccc(c1OCCC)Cc1cccc(c1OCc1ccccc1)C2. The minimum absolute atomic E-state index is 0.480. The zero-order valence-corrected chi connectivity index (χ0v) is 30.3. The van der Waals surface area contributed by atoms with Crippen LogP contribution < -0.4 is 18.9 Å². The lowest BCUT2D eigenvalue weighted by molar-refractivity contribution is 0.297. The molecule has 7 rings (SSSR count). The fourth-order valence-corrected chi connectivity index (χ4v) is 7.01. The Bertz CT molecular complexity index is 1830. The maximum Gasteiger partial charge on any atom is 0.126 e. The molecule has 0 saturated carbocycles. The number of fused-ring (bicyclic) bond motifs is 8. The highest BCUT2D eigenvalue weighted by Crippen LogP contribution is 2.39. The molecule has 6 aromatic rings. The number of rotatable bonds is 12. The van der Waals surface area contributed by atoms with Crippen LogP contribution in [-0.4, -0.2) is 13.2 Å². The minimum Gasteiger partial charge on any atom is -0.493 e. The van der Waals surface area contributed by atoms with Gasteiger partial charge in [0.25, 0.3) is 0 Å². The van der Waals surface area contributed by atoms with Crippen LogP contribution in [0.5, 0.6) is 23.0 Å². The van der Waals surface area contributed by atoms with Crippen molar-refractivity contribution in [3.8, 4) is 23.0 Å². The number of hydrogen-bond acceptors (Lipinski definition) is 4. The average molecular weight is 688 g/mol. The molecule has 52 heavy (non-hydrogen) atoms. The van der Waals surface area contributed by atoms with Gasteiger partial charge >= 0.3 is 0 Å². The van der Waals surface area contributed by atoms with E-state index in [2.05, 4.69) is 129 Å². The molecule has 4 heteroatoms. The van der Waals surface area contributed by atoms with E-state index < -0.39 is 0 Å². The van der Waals surface area contributed by atoms with Gasteiger partial charge in [0.2, 0.25) is 0 Å². The lowest BCUT2D eigenvalue weighted by Gasteiger charge is -2.22. The molecule has 0 amide bonds. The number of benzene rings is 6. The van der Waals surface area contributed by atoms with E-state index in [4.69, 9.17) is 18.9 Å². The van der Waals surface area contributed by atoms with E-state index in [0.29, 0.717) is 52.1 Å². The molecular weight excluding hydrogens is 641 g/mol. The molecule has 0 spiro atoms. The average Bonchev–Trinajstić information content (AvgIpc) is 3.17. The Morgan fingerprint density at radius 2 is 0.788 bits per heavy atom. The lowest BCUT2D eigenvalue weighted by Crippen LogP contribution is -2.09. The summed E-state index contributed by atoms with van der Waals surface area (Å²) in [6.07, 6.45) is 4.47. The maximum atomic E-state index is 6.79. The molecule has 0 N–H and O–H groups in total. The van der Waals surface area contributed by atoms with Crippen LogP contribution in [0.4, 0.5) is 0 Å². The minimum atomic E-state index is 0.480. The van der Waals surface area contributed by atoms with Crippen molar-refractivity contribution in [1.29, 1.82) is 0 Å². The van der Waals surface area contributed by atoms with Crippen molar-refractivity contribution in [2.75, 3.05) is 13.2 Å². The van der Waals surface area contributed by atoms with Crippen LogP contribution in [0.25, 0.3) is 0 Å². The highest BCUT2D eigenvalue weighted by atomic mass is 16.5. The van der Waals surface area contributed by atoms with Crippen molar-refractivity contribution >= 4 is 0 Å². The molecule has 8 bridgehead atoms. The smallest absolute Gasteiger partial charge is 0.126 e. The van der Waals surface area contributed by atoms with E-state index in [0.717, 1.165) is 91.5 Å². The van der Waals surface area contributed by atoms with Crippen LogP contribution in [-0.2, 0) is 38.9 Å². The highest BCUT2D eigenvalue weighted by molar-refractivity contribution is 5.56. The summed E-state index contributed by atoms with van der Waals surface area (Å²) >= 11 is 0. The Balaban J connectivity index is 1.39. The normalized spacial score (nSPS) is 12.2. The Kier molecular flexibility index (Phi) is 11.5. The molecule has 0 heterocycles. The van der Waals surface area contributed by atoms with Crippen LogP contribution >= 0.6 is 0 Å². The molecule has 0 unspecified atom stereocenters. The summed E-state index contributed by atoms with van der Waals surface area (Å²) in [6, 6.07) is 48.2. The first-order chi connectivity index (χ1) is 25.7. The summed E-state index contributed by atoms with van der Waals surface area (Å²) in [7, 11) is 0. The largest absolute Gasteiger partial charge is 0.493 e. The molecule has 6 aromatic carbocycles. The molecule has 0 fully saturated rings. The van der Waals surface area contributed by atoms with Crippen LogP contribution in [0.1, 0.15) is 82.3 Å². The van der Waals surface area contributed by atoms with E-state index in [1.54, 1.807) is 0 Å². The molecule has 0 atom stereocenters. The van der Waals surface area contributed by atoms with Gasteiger partial charge in [0.1, 0.15) is 36.2 Å². The van der Waals surface area contributed by atoms with E-state index in [-0.39, 0.29) is 0 Å². The van der Waals surface area contributed by atoms with Crippen molar-refractivity contribution < 1.29 is 18.9 Å². The predicted octanol–water partition coefficient (Wildman–Crippen LogP) is 10.9. The molecule has 0 aliphatic heterocycles. The summed E-state index contributed by atoms with van der Waals surface area (Å²) in [5.41, 5.74) is 11.2. The van der Waals surface area contributed by atoms with Crippen molar-refractivity contribution in [1.82, 2.24) is 0 Å². The summed E-state index contributed by atoms with van der Waals surface area (Å²) < 4.78 is 26.8. The third-order valence-electron chi connectivity index (χ3n) is 9.51. The van der Waals surface area contributed by atoms with Gasteiger partial charge in [-0.2, -0.15) is 0 Å². The van der Waals surface area contributed by atoms with Crippen LogP contribution in [0.2, 0.25) is 0 Å². The molecule has 4 nitrogen and oxygen atoms in total. The van der Waals surface area contributed by atoms with Gasteiger partial charge in [-0.15, -0.1) is 0 Å². The number of hydrogen-bond donors (Lipinski definition) is 0. The molecular formula is C48H47O4. The first kappa shape index (κ1) is 34.9. The molecule has 1 aliphatic carbocycles. The van der Waals surface area contributed by atoms with Gasteiger partial charge in [-0.3, -0.25) is 0 Å². The molecule has 263 valence electrons. The Morgan fingerprint density at radius 1 is 0.404 bits per heavy atom. The Morgan fingerprint density at radius 3 is 1.23 bits per heavy atom. The second kappa shape index (κ2) is 17.2. The maximum absolute atomic E-state index is 6.79. The van der Waals surface area contributed by atoms with Gasteiger partial charge in [0.05, 0.1) is 13.2 Å². The lowest BCUT2D eigenvalue weighted by atomic mass is 9.91. The van der Waals surface area contributed by atoms with Crippen molar-refractivity contribution in [2.24, 2.45) is 0 Å². The zero-order valence-electron chi connectivity index (χ0n) is 30.3. The Hall–Kier alpha value is -5.48. The molecule has 0 saturated heterocycles. The first-order valence-corrected chi connectivity index (χ1v) is 18.6. The third-order valence-corrected chi connectivity index (χ3v) is 9.51. The van der Waals surface area contributed by atoms with Crippen molar-refractivity contribution in [2.45, 2.75) is 65.6 Å². The van der Waals surface area contributed by atoms with E-state index in [1.807, 2.05) is 18.2 Å². The fraction of sp³-hybridized carbons (Fsp3) is 0.250. The fourth-order valence-electron chi connectivity index (χ4n) is 7.01. The second-order valence-corrected chi connectivity index (χ2v) is 13.5. The molecule has 1 aliphatic rings. The van der Waals surface area contributed by atoms with Gasteiger partial charge in [-0.25, -0.2) is 0 Å². The standard InChI is InChI=1S/C48H47O4/c1-3-27-49-45-37-19-11-20-38(45)30-42-24-14-26-44(48(42)52-34-36-17-9-6-10-18-36)32-40-22-12-21-39(46(40)50-28-4-2)31-43-25-13-23-41(29-37)47(43)51-33-35-15-7-5-8-16-35/h5-21,23-26H,3-4,27-34H2,1-2H3. The van der Waals surface area contributed by atoms with Crippen LogP contribution in [0, 0.1) is 6.07 Å². The van der Waals surface area contributed by atoms with E-state index in [9.17, 15) is 0 Å². The summed E-state index contributed by atoms with van der Waals surface area (Å²) in [5.74, 6) is 3.68. The summed E-state index contributed by atoms with van der Waals surface area (Å²) in [4.78, 5) is 0. The number of ether oxygens (including phenoxy) is 4. The second-order valence-electron chi connectivity index (χ2n) is 13.5. The van der Waals surface area contributed by atoms with Gasteiger partial charge in [0, 0.05) is 31.2 Å². The first-order valence-electron chi connectivity index (χ1n) is 18.6. The van der Waals surface area contributed by atoms with Crippen LogP contribution in [0.3, 0.4) is 0 Å². The van der Waals surface area contributed by atoms with Gasteiger partial charge < -0.3 is 18.9 Å². The summed E-state index contributed by atoms with van der Waals surface area (Å²) in [5, 5.41) is 0. The van der Waals surface area contributed by atoms with Gasteiger partial charge in [-0.1, -0.05) is 141 Å². The van der Waals surface area contributed by atoms with Gasteiger partial charge in [-0.05, 0) is 69.0 Å². The molecule has 0 aromatic heterocycles. The van der Waals surface area contributed by atoms with Gasteiger partial charge in [0.15, 0.2) is 0 Å².